The fourth-order valence-electron chi connectivity index (χ4n) is 4.47. The third-order valence-corrected chi connectivity index (χ3v) is 8.72. The van der Waals surface area contributed by atoms with Crippen molar-refractivity contribution in [2.75, 3.05) is 5.32 Å². The van der Waals surface area contributed by atoms with Crippen LogP contribution in [0.3, 0.4) is 0 Å². The van der Waals surface area contributed by atoms with Gasteiger partial charge in [0.05, 0.1) is 33.1 Å². The third kappa shape index (κ3) is 5.51. The monoisotopic (exact) mass is 527 g/mol. The number of aromatic amines is 1. The van der Waals surface area contributed by atoms with Crippen molar-refractivity contribution < 1.29 is 21.6 Å². The number of benzene rings is 2. The maximum absolute atomic E-state index is 13.2. The molecule has 5 rings (SSSR count). The van der Waals surface area contributed by atoms with Gasteiger partial charge in [0.15, 0.2) is 9.84 Å². The number of fused-ring (bicyclic) bond motifs is 1. The Balaban J connectivity index is 1.28. The first-order valence-electron chi connectivity index (χ1n) is 11.9. The van der Waals surface area contributed by atoms with Crippen LogP contribution in [0, 0.1) is 0 Å². The molecule has 192 valence electrons. The molecule has 1 saturated carbocycles. The highest BCUT2D eigenvalue weighted by Crippen LogP contribution is 2.33. The molecule has 4 aromatic rings. The fourth-order valence-corrected chi connectivity index (χ4v) is 6.32. The maximum Gasteiger partial charge on any atom is 0.416 e. The van der Waals surface area contributed by atoms with Gasteiger partial charge in [-0.15, -0.1) is 0 Å². The molecule has 1 aliphatic rings. The normalized spacial score (nSPS) is 15.4. The van der Waals surface area contributed by atoms with Gasteiger partial charge < -0.3 is 10.3 Å². The molecule has 7 nitrogen and oxygen atoms in total. The second kappa shape index (κ2) is 9.97. The van der Waals surface area contributed by atoms with E-state index < -0.39 is 21.6 Å². The van der Waals surface area contributed by atoms with Crippen LogP contribution < -0.4 is 5.32 Å². The highest BCUT2D eigenvalue weighted by Gasteiger charge is 2.31. The summed E-state index contributed by atoms with van der Waals surface area (Å²) in [6, 6.07) is 8.61. The summed E-state index contributed by atoms with van der Waals surface area (Å²) in [6.45, 7) is 0. The van der Waals surface area contributed by atoms with Gasteiger partial charge in [0.25, 0.3) is 0 Å². The van der Waals surface area contributed by atoms with Crippen molar-refractivity contribution in [3.63, 3.8) is 0 Å². The molecule has 0 radical (unpaired) electrons. The fraction of sp³-hybridized carbons (Fsp3) is 0.269. The molecule has 37 heavy (non-hydrogen) atoms. The smallest absolute Gasteiger partial charge is 0.345 e. The Morgan fingerprint density at radius 3 is 2.32 bits per heavy atom. The van der Waals surface area contributed by atoms with Gasteiger partial charge in [0, 0.05) is 29.2 Å². The number of hydrogen-bond acceptors (Lipinski definition) is 6. The molecule has 0 aliphatic heterocycles. The molecule has 1 fully saturated rings. The molecule has 0 atom stereocenters. The van der Waals surface area contributed by atoms with Crippen molar-refractivity contribution in [3.05, 3.63) is 71.8 Å². The number of aromatic nitrogens is 4. The molecule has 0 bridgehead atoms. The lowest BCUT2D eigenvalue weighted by atomic mass is 10.0. The quantitative estimate of drug-likeness (QED) is 0.301. The van der Waals surface area contributed by atoms with Gasteiger partial charge in [-0.3, -0.25) is 0 Å². The Morgan fingerprint density at radius 2 is 1.65 bits per heavy atom. The minimum atomic E-state index is -4.48. The highest BCUT2D eigenvalue weighted by atomic mass is 32.2. The van der Waals surface area contributed by atoms with Crippen LogP contribution in [0.2, 0.25) is 0 Å². The minimum Gasteiger partial charge on any atom is -0.345 e. The first kappa shape index (κ1) is 24.9. The summed E-state index contributed by atoms with van der Waals surface area (Å²) in [5.74, 6) is 0.300. The van der Waals surface area contributed by atoms with Gasteiger partial charge in [-0.2, -0.15) is 13.2 Å². The zero-order chi connectivity index (χ0) is 26.0. The van der Waals surface area contributed by atoms with Crippen molar-refractivity contribution >= 4 is 44.7 Å². The predicted molar refractivity (Wildman–Crippen MR) is 136 cm³/mol. The van der Waals surface area contributed by atoms with E-state index in [0.29, 0.717) is 51.5 Å². The number of H-pyrrole nitrogens is 1. The van der Waals surface area contributed by atoms with Gasteiger partial charge in [0.1, 0.15) is 0 Å². The van der Waals surface area contributed by atoms with Crippen molar-refractivity contribution in [1.29, 1.82) is 0 Å². The highest BCUT2D eigenvalue weighted by molar-refractivity contribution is 7.92. The molecule has 0 unspecified atom stereocenters. The Labute approximate surface area is 211 Å². The van der Waals surface area contributed by atoms with Crippen LogP contribution in [0.15, 0.2) is 60.0 Å². The number of nitrogens with zero attached hydrogens (tertiary/aromatic N) is 3. The van der Waals surface area contributed by atoms with Crippen molar-refractivity contribution in [1.82, 2.24) is 19.9 Å². The number of hydrogen-bond donors (Lipinski definition) is 2. The number of halogens is 3. The van der Waals surface area contributed by atoms with Gasteiger partial charge in [0.2, 0.25) is 5.95 Å². The van der Waals surface area contributed by atoms with E-state index in [1.165, 1.54) is 24.8 Å². The van der Waals surface area contributed by atoms with Gasteiger partial charge in [-0.1, -0.05) is 31.4 Å². The van der Waals surface area contributed by atoms with Gasteiger partial charge in [-0.25, -0.2) is 23.4 Å². The van der Waals surface area contributed by atoms with E-state index >= 15 is 0 Å². The molecular weight excluding hydrogens is 503 g/mol. The Morgan fingerprint density at radius 1 is 0.946 bits per heavy atom. The maximum atomic E-state index is 13.2. The summed E-state index contributed by atoms with van der Waals surface area (Å²) in [6.07, 6.45) is 7.47. The van der Waals surface area contributed by atoms with Crippen LogP contribution in [0.5, 0.6) is 0 Å². The number of nitrogens with one attached hydrogen (secondary N) is 2. The van der Waals surface area contributed by atoms with Crippen LogP contribution in [-0.2, 0) is 16.0 Å². The van der Waals surface area contributed by atoms with Crippen LogP contribution in [0.1, 0.15) is 48.8 Å². The molecular formula is C26H24F3N5O2S. The third-order valence-electron chi connectivity index (χ3n) is 6.44. The molecule has 2 aromatic heterocycles. The van der Waals surface area contributed by atoms with Crippen molar-refractivity contribution in [3.8, 4) is 0 Å². The number of rotatable bonds is 6. The van der Waals surface area contributed by atoms with Gasteiger partial charge >= 0.3 is 6.18 Å². The molecule has 0 saturated heterocycles. The van der Waals surface area contributed by atoms with Crippen LogP contribution >= 0.6 is 0 Å². The summed E-state index contributed by atoms with van der Waals surface area (Å²) in [5, 5.41) is 2.71. The summed E-state index contributed by atoms with van der Waals surface area (Å²) < 4.78 is 65.5. The van der Waals surface area contributed by atoms with E-state index in [1.807, 2.05) is 0 Å². The number of anilines is 2. The molecule has 2 aromatic carbocycles. The first-order valence-corrected chi connectivity index (χ1v) is 13.4. The SMILES string of the molecule is O=S(=O)(c1ccc(Nc2ncc(/C=C/c3cc(C(F)(F)F)cc4[nH]cnc34)cn2)cc1)C1CCCCC1. The lowest BCUT2D eigenvalue weighted by molar-refractivity contribution is -0.137. The van der Waals surface area contributed by atoms with Crippen molar-refractivity contribution in [2.45, 2.75) is 48.4 Å². The molecule has 0 amide bonds. The van der Waals surface area contributed by atoms with Gasteiger partial charge in [-0.05, 0) is 49.2 Å². The van der Waals surface area contributed by atoms with E-state index in [0.717, 1.165) is 31.4 Å². The molecule has 2 heterocycles. The predicted octanol–water partition coefficient (Wildman–Crippen LogP) is 6.39. The Kier molecular flexibility index (Phi) is 6.72. The lowest BCUT2D eigenvalue weighted by Gasteiger charge is -2.21. The zero-order valence-corrected chi connectivity index (χ0v) is 20.5. The Bertz CT molecular complexity index is 1520. The van der Waals surface area contributed by atoms with Crippen LogP contribution in [-0.4, -0.2) is 33.6 Å². The average Bonchev–Trinajstić information content (AvgIpc) is 3.38. The molecule has 1 aliphatic carbocycles. The average molecular weight is 528 g/mol. The molecule has 2 N–H and O–H groups in total. The molecule has 0 spiro atoms. The lowest BCUT2D eigenvalue weighted by Crippen LogP contribution is -2.24. The zero-order valence-electron chi connectivity index (χ0n) is 19.7. The summed E-state index contributed by atoms with van der Waals surface area (Å²) in [5.41, 5.74) is 1.49. The second-order valence-corrected chi connectivity index (χ2v) is 11.2. The van der Waals surface area contributed by atoms with E-state index in [2.05, 4.69) is 25.3 Å². The minimum absolute atomic E-state index is 0.294. The summed E-state index contributed by atoms with van der Waals surface area (Å²) in [7, 11) is -3.34. The van der Waals surface area contributed by atoms with E-state index in [4.69, 9.17) is 0 Å². The molecule has 11 heteroatoms. The number of sulfone groups is 1. The topological polar surface area (TPSA) is 101 Å². The summed E-state index contributed by atoms with van der Waals surface area (Å²) >= 11 is 0. The number of imidazole rings is 1. The standard InChI is InChI=1S/C26H24F3N5O2S/c27-26(28,29)19-12-18(24-23(13-19)32-16-33-24)7-6-17-14-30-25(31-15-17)34-20-8-10-22(11-9-20)37(35,36)21-4-2-1-3-5-21/h6-16,21H,1-5H2,(H,32,33)(H,30,31,34)/b7-6+. The first-order chi connectivity index (χ1) is 17.7. The second-order valence-electron chi connectivity index (χ2n) is 8.99. The van der Waals surface area contributed by atoms with Crippen LogP contribution in [0.25, 0.3) is 23.2 Å². The Hall–Kier alpha value is -3.73. The number of alkyl halides is 3. The largest absolute Gasteiger partial charge is 0.416 e. The van der Waals surface area contributed by atoms with Crippen molar-refractivity contribution in [2.24, 2.45) is 0 Å². The summed E-state index contributed by atoms with van der Waals surface area (Å²) in [4.78, 5) is 15.6. The van der Waals surface area contributed by atoms with E-state index in [1.54, 1.807) is 30.3 Å². The van der Waals surface area contributed by atoms with E-state index in [-0.39, 0.29) is 5.25 Å². The van der Waals surface area contributed by atoms with E-state index in [9.17, 15) is 21.6 Å². The van der Waals surface area contributed by atoms with Crippen LogP contribution in [0.4, 0.5) is 24.8 Å².